The van der Waals surface area contributed by atoms with Crippen LogP contribution in [-0.4, -0.2) is 46.0 Å². The fraction of sp³-hybridized carbons (Fsp3) is 0.417. The fourth-order valence-corrected chi connectivity index (χ4v) is 3.40. The number of carbonyl (C=O) groups excluding carboxylic acids is 1. The summed E-state index contributed by atoms with van der Waals surface area (Å²) in [5, 5.41) is 9.77. The number of amides is 1. The van der Waals surface area contributed by atoms with E-state index in [0.29, 0.717) is 0 Å². The van der Waals surface area contributed by atoms with Crippen LogP contribution in [0.5, 0.6) is 0 Å². The molecule has 1 aliphatic rings. The van der Waals surface area contributed by atoms with Crippen molar-refractivity contribution < 1.29 is 28.9 Å². The Morgan fingerprint density at radius 1 is 0.968 bits per heavy atom. The van der Waals surface area contributed by atoms with Crippen LogP contribution < -0.4 is 0 Å². The first-order valence-corrected chi connectivity index (χ1v) is 10.3. The Hall–Kier alpha value is -2.90. The zero-order valence-electron chi connectivity index (χ0n) is 18.1. The van der Waals surface area contributed by atoms with E-state index in [1.807, 2.05) is 60.7 Å². The molecule has 2 aromatic rings. The number of hydrogen-bond donors (Lipinski definition) is 1. The first kappa shape index (κ1) is 22.8. The van der Waals surface area contributed by atoms with Gasteiger partial charge >= 0.3 is 12.1 Å². The molecule has 166 valence electrons. The molecule has 0 saturated carbocycles. The molecule has 0 radical (unpaired) electrons. The second kappa shape index (κ2) is 9.49. The fourth-order valence-electron chi connectivity index (χ4n) is 3.40. The van der Waals surface area contributed by atoms with Gasteiger partial charge in [-0.15, -0.1) is 0 Å². The second-order valence-corrected chi connectivity index (χ2v) is 8.63. The highest BCUT2D eigenvalue weighted by Crippen LogP contribution is 2.35. The summed E-state index contributed by atoms with van der Waals surface area (Å²) in [5.41, 5.74) is 1.10. The van der Waals surface area contributed by atoms with Crippen molar-refractivity contribution in [3.05, 3.63) is 71.8 Å². The molecule has 31 heavy (non-hydrogen) atoms. The number of carboxylic acids is 1. The van der Waals surface area contributed by atoms with Gasteiger partial charge in [0.15, 0.2) is 5.79 Å². The normalized spacial score (nSPS) is 18.0. The quantitative estimate of drug-likeness (QED) is 0.667. The largest absolute Gasteiger partial charge is 0.480 e. The maximum atomic E-state index is 12.7. The third-order valence-electron chi connectivity index (χ3n) is 4.89. The number of carboxylic acid groups (broad SMARTS) is 1. The van der Waals surface area contributed by atoms with E-state index in [2.05, 4.69) is 0 Å². The first-order chi connectivity index (χ1) is 14.7. The Balaban J connectivity index is 1.83. The van der Waals surface area contributed by atoms with E-state index in [1.165, 1.54) is 4.90 Å². The average molecular weight is 427 g/mol. The van der Waals surface area contributed by atoms with E-state index in [0.717, 1.165) is 11.1 Å². The number of benzene rings is 2. The van der Waals surface area contributed by atoms with Crippen LogP contribution in [0.2, 0.25) is 0 Å². The highest BCUT2D eigenvalue weighted by Gasteiger charge is 2.52. The van der Waals surface area contributed by atoms with Crippen LogP contribution in [0.15, 0.2) is 60.7 Å². The molecule has 0 bridgehead atoms. The third-order valence-corrected chi connectivity index (χ3v) is 4.89. The van der Waals surface area contributed by atoms with Gasteiger partial charge in [0.05, 0.1) is 19.8 Å². The molecular weight excluding hydrogens is 398 g/mol. The van der Waals surface area contributed by atoms with E-state index in [4.69, 9.17) is 14.2 Å². The minimum atomic E-state index is -1.27. The van der Waals surface area contributed by atoms with Crippen molar-refractivity contribution in [1.29, 1.82) is 0 Å². The Bertz CT molecular complexity index is 834. The van der Waals surface area contributed by atoms with Crippen LogP contribution in [-0.2, 0) is 32.2 Å². The molecule has 1 atom stereocenters. The van der Waals surface area contributed by atoms with Crippen molar-refractivity contribution in [1.82, 2.24) is 4.90 Å². The van der Waals surface area contributed by atoms with Gasteiger partial charge in [-0.3, -0.25) is 4.90 Å². The maximum Gasteiger partial charge on any atom is 0.411 e. The molecule has 0 aromatic heterocycles. The van der Waals surface area contributed by atoms with Crippen LogP contribution >= 0.6 is 0 Å². The van der Waals surface area contributed by atoms with E-state index < -0.39 is 29.5 Å². The molecule has 1 unspecified atom stereocenters. The van der Waals surface area contributed by atoms with Crippen LogP contribution in [0.3, 0.4) is 0 Å². The Morgan fingerprint density at radius 3 is 1.87 bits per heavy atom. The lowest BCUT2D eigenvalue weighted by Gasteiger charge is -2.30. The topological polar surface area (TPSA) is 85.3 Å². The first-order valence-electron chi connectivity index (χ1n) is 10.3. The number of nitrogens with zero attached hydrogens (tertiary/aromatic N) is 1. The Morgan fingerprint density at radius 2 is 1.45 bits per heavy atom. The van der Waals surface area contributed by atoms with Crippen LogP contribution in [0.4, 0.5) is 4.79 Å². The molecule has 7 nitrogen and oxygen atoms in total. The van der Waals surface area contributed by atoms with E-state index >= 15 is 0 Å². The molecule has 1 fully saturated rings. The highest BCUT2D eigenvalue weighted by molar-refractivity contribution is 5.81. The molecule has 1 amide bonds. The van der Waals surface area contributed by atoms with Crippen molar-refractivity contribution in [3.63, 3.8) is 0 Å². The standard InChI is InChI=1S/C24H29NO6/c1-23(2,3)31-22(28)25-17-24(14-20(25)21(26)27,29-15-18-10-6-4-7-11-18)30-16-19-12-8-5-9-13-19/h4-13,20H,14-17H2,1-3H3,(H,26,27). The summed E-state index contributed by atoms with van der Waals surface area (Å²) in [5.74, 6) is -2.40. The van der Waals surface area contributed by atoms with E-state index in [1.54, 1.807) is 20.8 Å². The van der Waals surface area contributed by atoms with Gasteiger partial charge in [0.25, 0.3) is 0 Å². The monoisotopic (exact) mass is 427 g/mol. The summed E-state index contributed by atoms with van der Waals surface area (Å²) in [4.78, 5) is 25.9. The third kappa shape index (κ3) is 6.29. The van der Waals surface area contributed by atoms with Gasteiger partial charge in [-0.25, -0.2) is 9.59 Å². The average Bonchev–Trinajstić information content (AvgIpc) is 3.12. The Kier molecular flexibility index (Phi) is 6.97. The van der Waals surface area contributed by atoms with Crippen molar-refractivity contribution in [2.24, 2.45) is 0 Å². The van der Waals surface area contributed by atoms with E-state index in [9.17, 15) is 14.7 Å². The van der Waals surface area contributed by atoms with Gasteiger partial charge < -0.3 is 19.3 Å². The lowest BCUT2D eigenvalue weighted by Crippen LogP contribution is -2.44. The summed E-state index contributed by atoms with van der Waals surface area (Å²) in [6, 6.07) is 18.0. The summed E-state index contributed by atoms with van der Waals surface area (Å²) in [6.07, 6.45) is -0.699. The number of carbonyl (C=O) groups is 2. The molecule has 1 aliphatic heterocycles. The predicted octanol–water partition coefficient (Wildman–Crippen LogP) is 4.21. The predicted molar refractivity (Wildman–Crippen MR) is 114 cm³/mol. The van der Waals surface area contributed by atoms with Crippen LogP contribution in [0.25, 0.3) is 0 Å². The van der Waals surface area contributed by atoms with Gasteiger partial charge in [-0.2, -0.15) is 0 Å². The van der Waals surface area contributed by atoms with Gasteiger partial charge in [-0.1, -0.05) is 60.7 Å². The number of rotatable bonds is 7. The van der Waals surface area contributed by atoms with Gasteiger partial charge in [0, 0.05) is 6.42 Å². The van der Waals surface area contributed by atoms with E-state index in [-0.39, 0.29) is 26.2 Å². The maximum absolute atomic E-state index is 12.7. The number of likely N-dealkylation sites (tertiary alicyclic amines) is 1. The molecule has 1 N–H and O–H groups in total. The smallest absolute Gasteiger partial charge is 0.411 e. The molecule has 3 rings (SSSR count). The lowest BCUT2D eigenvalue weighted by molar-refractivity contribution is -0.240. The van der Waals surface area contributed by atoms with Crippen molar-refractivity contribution in [2.75, 3.05) is 6.54 Å². The van der Waals surface area contributed by atoms with Gasteiger partial charge in [0.1, 0.15) is 11.6 Å². The molecular formula is C24H29NO6. The van der Waals surface area contributed by atoms with Crippen molar-refractivity contribution in [2.45, 2.75) is 57.8 Å². The number of hydrogen-bond acceptors (Lipinski definition) is 5. The molecule has 1 saturated heterocycles. The summed E-state index contributed by atoms with van der Waals surface area (Å²) in [6.45, 7) is 5.62. The summed E-state index contributed by atoms with van der Waals surface area (Å²) < 4.78 is 17.7. The summed E-state index contributed by atoms with van der Waals surface area (Å²) >= 11 is 0. The van der Waals surface area contributed by atoms with Gasteiger partial charge in [0.2, 0.25) is 0 Å². The minimum absolute atomic E-state index is 0.00123. The lowest BCUT2D eigenvalue weighted by atomic mass is 10.1. The van der Waals surface area contributed by atoms with Crippen molar-refractivity contribution >= 4 is 12.1 Å². The Labute approximate surface area is 182 Å². The van der Waals surface area contributed by atoms with Gasteiger partial charge in [-0.05, 0) is 31.9 Å². The summed E-state index contributed by atoms with van der Waals surface area (Å²) in [7, 11) is 0. The molecule has 0 aliphatic carbocycles. The number of aliphatic carboxylic acids is 1. The molecule has 0 spiro atoms. The molecule has 1 heterocycles. The van der Waals surface area contributed by atoms with Crippen LogP contribution in [0, 0.1) is 0 Å². The molecule has 7 heteroatoms. The highest BCUT2D eigenvalue weighted by atomic mass is 16.7. The van der Waals surface area contributed by atoms with Crippen LogP contribution in [0.1, 0.15) is 38.3 Å². The molecule has 2 aromatic carbocycles. The van der Waals surface area contributed by atoms with Crippen molar-refractivity contribution in [3.8, 4) is 0 Å². The SMILES string of the molecule is CC(C)(C)OC(=O)N1CC(OCc2ccccc2)(OCc2ccccc2)CC1C(=O)O. The second-order valence-electron chi connectivity index (χ2n) is 8.63. The zero-order chi connectivity index (χ0) is 22.5. The minimum Gasteiger partial charge on any atom is -0.480 e. The zero-order valence-corrected chi connectivity index (χ0v) is 18.1. The number of ether oxygens (including phenoxy) is 3.